The quantitative estimate of drug-likeness (QED) is 0.633. The lowest BCUT2D eigenvalue weighted by Crippen LogP contribution is -2.32. The van der Waals surface area contributed by atoms with Crippen molar-refractivity contribution in [2.24, 2.45) is 0 Å². The molecular weight excluding hydrogens is 324 g/mol. The largest absolute Gasteiger partial charge is 0.473 e. The number of anilines is 1. The van der Waals surface area contributed by atoms with Crippen LogP contribution in [0.2, 0.25) is 0 Å². The number of rotatable bonds is 6. The second-order valence-electron chi connectivity index (χ2n) is 6.13. The molecule has 0 spiro atoms. The van der Waals surface area contributed by atoms with Crippen LogP contribution in [0.3, 0.4) is 0 Å². The van der Waals surface area contributed by atoms with E-state index < -0.39 is 0 Å². The molecule has 134 valence electrons. The Hall–Kier alpha value is -2.71. The van der Waals surface area contributed by atoms with Crippen molar-refractivity contribution in [3.63, 3.8) is 0 Å². The zero-order valence-electron chi connectivity index (χ0n) is 14.4. The fourth-order valence-electron chi connectivity index (χ4n) is 3.20. The number of nitrogens with zero attached hydrogens (tertiary/aromatic N) is 5. The summed E-state index contributed by atoms with van der Waals surface area (Å²) in [5.41, 5.74) is 0.508. The Morgan fingerprint density at radius 2 is 2.12 bits per heavy atom. The minimum Gasteiger partial charge on any atom is -0.473 e. The van der Waals surface area contributed by atoms with Gasteiger partial charge in [-0.05, 0) is 39.5 Å². The number of hydrogen-bond donors (Lipinski definition) is 1. The molecule has 0 bridgehead atoms. The fourth-order valence-corrected chi connectivity index (χ4v) is 3.20. The van der Waals surface area contributed by atoms with Gasteiger partial charge < -0.3 is 10.1 Å². The van der Waals surface area contributed by atoms with E-state index in [1.165, 1.54) is 0 Å². The number of ether oxygens (including phenoxy) is 1. The molecule has 2 heterocycles. The number of hydrogen-bond acceptors (Lipinski definition) is 7. The summed E-state index contributed by atoms with van der Waals surface area (Å²) in [5.74, 6) is 1.04. The lowest BCUT2D eigenvalue weighted by atomic mass is 9.93. The molecule has 9 nitrogen and oxygen atoms in total. The standard InChI is InChI=1S/C16H22N6O3/c1-3-21-16(15(22(23)24)11(2)20-21)19-12-4-6-13(7-5-12)25-14-10-17-8-9-18-14/h8-10,12-13,19H,3-7H2,1-2H3. The van der Waals surface area contributed by atoms with Crippen molar-refractivity contribution in [2.45, 2.75) is 58.2 Å². The van der Waals surface area contributed by atoms with Crippen LogP contribution in [0.25, 0.3) is 0 Å². The lowest BCUT2D eigenvalue weighted by Gasteiger charge is -2.29. The third kappa shape index (κ3) is 3.86. The van der Waals surface area contributed by atoms with Crippen molar-refractivity contribution < 1.29 is 9.66 Å². The predicted molar refractivity (Wildman–Crippen MR) is 91.6 cm³/mol. The summed E-state index contributed by atoms with van der Waals surface area (Å²) in [6, 6.07) is 0.168. The summed E-state index contributed by atoms with van der Waals surface area (Å²) < 4.78 is 7.50. The van der Waals surface area contributed by atoms with Crippen LogP contribution in [-0.2, 0) is 6.54 Å². The minimum atomic E-state index is -0.361. The van der Waals surface area contributed by atoms with E-state index in [1.54, 1.807) is 30.2 Å². The molecule has 2 aromatic rings. The van der Waals surface area contributed by atoms with Crippen LogP contribution in [0.1, 0.15) is 38.3 Å². The number of nitrogens with one attached hydrogen (secondary N) is 1. The first-order chi connectivity index (χ1) is 12.1. The number of nitro groups is 1. The maximum Gasteiger partial charge on any atom is 0.333 e. The zero-order chi connectivity index (χ0) is 17.8. The van der Waals surface area contributed by atoms with E-state index in [2.05, 4.69) is 20.4 Å². The summed E-state index contributed by atoms with van der Waals surface area (Å²) in [6.45, 7) is 4.18. The summed E-state index contributed by atoms with van der Waals surface area (Å²) in [4.78, 5) is 19.1. The van der Waals surface area contributed by atoms with Gasteiger partial charge in [0, 0.05) is 25.0 Å². The molecule has 1 N–H and O–H groups in total. The molecule has 2 aromatic heterocycles. The second kappa shape index (κ2) is 7.45. The summed E-state index contributed by atoms with van der Waals surface area (Å²) in [7, 11) is 0. The number of aromatic nitrogens is 4. The Morgan fingerprint density at radius 3 is 2.72 bits per heavy atom. The first kappa shape index (κ1) is 17.1. The van der Waals surface area contributed by atoms with Gasteiger partial charge >= 0.3 is 5.69 Å². The molecule has 1 aliphatic carbocycles. The SMILES string of the molecule is CCn1nc(C)c([N+](=O)[O-])c1NC1CCC(Oc2cnccn2)CC1. The molecule has 0 saturated heterocycles. The Morgan fingerprint density at radius 1 is 1.36 bits per heavy atom. The molecular formula is C16H22N6O3. The highest BCUT2D eigenvalue weighted by atomic mass is 16.6. The molecule has 25 heavy (non-hydrogen) atoms. The first-order valence-corrected chi connectivity index (χ1v) is 8.49. The zero-order valence-corrected chi connectivity index (χ0v) is 14.4. The van der Waals surface area contributed by atoms with Gasteiger partial charge in [-0.15, -0.1) is 0 Å². The van der Waals surface area contributed by atoms with Crippen LogP contribution in [0.5, 0.6) is 5.88 Å². The Labute approximate surface area is 145 Å². The van der Waals surface area contributed by atoms with Gasteiger partial charge in [0.25, 0.3) is 0 Å². The fraction of sp³-hybridized carbons (Fsp3) is 0.562. The van der Waals surface area contributed by atoms with Gasteiger partial charge in [0.1, 0.15) is 11.8 Å². The molecule has 0 amide bonds. The van der Waals surface area contributed by atoms with Crippen LogP contribution in [0.15, 0.2) is 18.6 Å². The third-order valence-corrected chi connectivity index (χ3v) is 4.42. The van der Waals surface area contributed by atoms with Crippen molar-refractivity contribution in [1.82, 2.24) is 19.7 Å². The Kier molecular flexibility index (Phi) is 5.11. The first-order valence-electron chi connectivity index (χ1n) is 8.49. The molecule has 1 saturated carbocycles. The van der Waals surface area contributed by atoms with Crippen molar-refractivity contribution in [3.05, 3.63) is 34.4 Å². The number of aryl methyl sites for hydroxylation is 2. The van der Waals surface area contributed by atoms with E-state index in [4.69, 9.17) is 4.74 Å². The van der Waals surface area contributed by atoms with E-state index in [-0.39, 0.29) is 22.8 Å². The average Bonchev–Trinajstić information content (AvgIpc) is 2.93. The monoisotopic (exact) mass is 346 g/mol. The van der Waals surface area contributed by atoms with E-state index in [9.17, 15) is 10.1 Å². The molecule has 3 rings (SSSR count). The van der Waals surface area contributed by atoms with E-state index in [0.29, 0.717) is 23.9 Å². The van der Waals surface area contributed by atoms with Gasteiger partial charge in [0.15, 0.2) is 0 Å². The van der Waals surface area contributed by atoms with E-state index in [1.807, 2.05) is 6.92 Å². The molecule has 0 radical (unpaired) electrons. The van der Waals surface area contributed by atoms with Gasteiger partial charge in [0.05, 0.1) is 11.1 Å². The molecule has 0 aliphatic heterocycles. The van der Waals surface area contributed by atoms with Crippen LogP contribution < -0.4 is 10.1 Å². The van der Waals surface area contributed by atoms with E-state index in [0.717, 1.165) is 25.7 Å². The van der Waals surface area contributed by atoms with Crippen molar-refractivity contribution >= 4 is 11.5 Å². The van der Waals surface area contributed by atoms with Crippen LogP contribution in [0.4, 0.5) is 11.5 Å². The Bertz CT molecular complexity index is 725. The summed E-state index contributed by atoms with van der Waals surface area (Å²) >= 11 is 0. The van der Waals surface area contributed by atoms with Crippen molar-refractivity contribution in [1.29, 1.82) is 0 Å². The summed E-state index contributed by atoms with van der Waals surface area (Å²) in [5, 5.41) is 18.9. The van der Waals surface area contributed by atoms with Gasteiger partial charge in [0.2, 0.25) is 11.7 Å². The molecule has 0 unspecified atom stereocenters. The van der Waals surface area contributed by atoms with Gasteiger partial charge in [-0.2, -0.15) is 5.10 Å². The predicted octanol–water partition coefficient (Wildman–Crippen LogP) is 2.71. The molecule has 0 atom stereocenters. The highest BCUT2D eigenvalue weighted by Crippen LogP contribution is 2.31. The van der Waals surface area contributed by atoms with E-state index >= 15 is 0 Å². The maximum absolute atomic E-state index is 11.3. The average molecular weight is 346 g/mol. The molecule has 0 aromatic carbocycles. The topological polar surface area (TPSA) is 108 Å². The molecule has 1 fully saturated rings. The van der Waals surface area contributed by atoms with Gasteiger partial charge in [-0.3, -0.25) is 15.1 Å². The summed E-state index contributed by atoms with van der Waals surface area (Å²) in [6.07, 6.45) is 8.39. The van der Waals surface area contributed by atoms with Crippen molar-refractivity contribution in [3.8, 4) is 5.88 Å². The van der Waals surface area contributed by atoms with Crippen molar-refractivity contribution in [2.75, 3.05) is 5.32 Å². The normalized spacial score (nSPS) is 20.2. The lowest BCUT2D eigenvalue weighted by molar-refractivity contribution is -0.384. The maximum atomic E-state index is 11.3. The highest BCUT2D eigenvalue weighted by Gasteiger charge is 2.29. The Balaban J connectivity index is 1.62. The minimum absolute atomic E-state index is 0.0692. The second-order valence-corrected chi connectivity index (χ2v) is 6.13. The smallest absolute Gasteiger partial charge is 0.333 e. The van der Waals surface area contributed by atoms with Crippen LogP contribution in [-0.4, -0.2) is 36.8 Å². The molecule has 9 heteroatoms. The van der Waals surface area contributed by atoms with Crippen LogP contribution in [0, 0.1) is 17.0 Å². The van der Waals surface area contributed by atoms with Gasteiger partial charge in [-0.25, -0.2) is 9.67 Å². The van der Waals surface area contributed by atoms with Gasteiger partial charge in [-0.1, -0.05) is 0 Å². The molecule has 1 aliphatic rings. The van der Waals surface area contributed by atoms with Crippen LogP contribution >= 0.6 is 0 Å². The highest BCUT2D eigenvalue weighted by molar-refractivity contribution is 5.60. The third-order valence-electron chi connectivity index (χ3n) is 4.42.